The number of aromatic amines is 1. The minimum absolute atomic E-state index is 0.289. The van der Waals surface area contributed by atoms with Gasteiger partial charge in [0, 0.05) is 11.4 Å². The van der Waals surface area contributed by atoms with Crippen LogP contribution < -0.4 is 0 Å². The van der Waals surface area contributed by atoms with Crippen molar-refractivity contribution in [3.8, 4) is 0 Å². The quantitative estimate of drug-likeness (QED) is 0.604. The smallest absolute Gasteiger partial charge is 0.328 e. The summed E-state index contributed by atoms with van der Waals surface area (Å²) in [7, 11) is 1.37. The van der Waals surface area contributed by atoms with Gasteiger partial charge in [0.25, 0.3) is 0 Å². The van der Waals surface area contributed by atoms with E-state index in [1.807, 2.05) is 13.8 Å². The van der Waals surface area contributed by atoms with E-state index in [0.717, 1.165) is 11.4 Å². The van der Waals surface area contributed by atoms with Gasteiger partial charge < -0.3 is 14.3 Å². The van der Waals surface area contributed by atoms with Crippen LogP contribution in [-0.4, -0.2) is 22.6 Å². The van der Waals surface area contributed by atoms with Gasteiger partial charge in [0.15, 0.2) is 4.77 Å². The van der Waals surface area contributed by atoms with Crippen LogP contribution in [0.2, 0.25) is 0 Å². The van der Waals surface area contributed by atoms with Crippen molar-refractivity contribution in [2.45, 2.75) is 26.8 Å². The molecule has 1 N–H and O–H groups in total. The normalized spacial score (nSPS) is 12.6. The molecular formula is C9H14N2O2S. The second kappa shape index (κ2) is 3.96. The molecule has 0 aliphatic heterocycles. The van der Waals surface area contributed by atoms with Crippen LogP contribution in [0.25, 0.3) is 0 Å². The van der Waals surface area contributed by atoms with Crippen LogP contribution in [0, 0.1) is 18.6 Å². The number of rotatable bonds is 2. The minimum Gasteiger partial charge on any atom is -0.467 e. The number of methoxy groups -OCH3 is 1. The lowest BCUT2D eigenvalue weighted by Crippen LogP contribution is -2.18. The Bertz CT molecular complexity index is 405. The Morgan fingerprint density at radius 2 is 2.14 bits per heavy atom. The minimum atomic E-state index is -0.377. The van der Waals surface area contributed by atoms with E-state index in [1.54, 1.807) is 11.5 Å². The number of hydrogen-bond acceptors (Lipinski definition) is 3. The van der Waals surface area contributed by atoms with Crippen LogP contribution >= 0.6 is 12.2 Å². The number of H-pyrrole nitrogens is 1. The maximum atomic E-state index is 11.3. The highest BCUT2D eigenvalue weighted by molar-refractivity contribution is 7.71. The van der Waals surface area contributed by atoms with Gasteiger partial charge in [-0.3, -0.25) is 0 Å². The molecule has 0 aliphatic carbocycles. The van der Waals surface area contributed by atoms with Crippen molar-refractivity contribution >= 4 is 18.2 Å². The van der Waals surface area contributed by atoms with Crippen molar-refractivity contribution in [1.29, 1.82) is 0 Å². The Labute approximate surface area is 87.9 Å². The summed E-state index contributed by atoms with van der Waals surface area (Å²) in [6.07, 6.45) is 0. The number of aromatic nitrogens is 2. The standard InChI is InChI=1S/C9H14N2O2S/c1-5-6(2)11(9(14)10-5)7(3)8(12)13-4/h7H,1-4H3,(H,10,14). The van der Waals surface area contributed by atoms with E-state index in [4.69, 9.17) is 12.2 Å². The first kappa shape index (κ1) is 11.0. The fourth-order valence-electron chi connectivity index (χ4n) is 1.39. The second-order valence-electron chi connectivity index (χ2n) is 3.21. The predicted molar refractivity (Wildman–Crippen MR) is 55.8 cm³/mol. The average molecular weight is 214 g/mol. The van der Waals surface area contributed by atoms with Gasteiger partial charge in [-0.05, 0) is 33.0 Å². The second-order valence-corrected chi connectivity index (χ2v) is 3.60. The molecule has 14 heavy (non-hydrogen) atoms. The zero-order valence-electron chi connectivity index (χ0n) is 8.75. The third kappa shape index (κ3) is 1.72. The highest BCUT2D eigenvalue weighted by atomic mass is 32.1. The molecule has 1 aromatic heterocycles. The molecule has 0 fully saturated rings. The molecule has 0 bridgehead atoms. The molecule has 0 aliphatic rings. The van der Waals surface area contributed by atoms with E-state index in [0.29, 0.717) is 4.77 Å². The maximum Gasteiger partial charge on any atom is 0.328 e. The topological polar surface area (TPSA) is 47.0 Å². The Hall–Kier alpha value is -1.10. The first-order valence-electron chi connectivity index (χ1n) is 4.34. The average Bonchev–Trinajstić information content (AvgIpc) is 2.39. The SMILES string of the molecule is COC(=O)C(C)n1c(C)c(C)[nH]c1=S. The lowest BCUT2D eigenvalue weighted by atomic mass is 10.3. The number of aryl methyl sites for hydroxylation is 1. The number of nitrogens with zero attached hydrogens (tertiary/aromatic N) is 1. The maximum absolute atomic E-state index is 11.3. The number of hydrogen-bond donors (Lipinski definition) is 1. The number of esters is 1. The van der Waals surface area contributed by atoms with Crippen LogP contribution in [0.15, 0.2) is 0 Å². The Balaban J connectivity index is 3.19. The summed E-state index contributed by atoms with van der Waals surface area (Å²) in [6, 6.07) is -0.377. The van der Waals surface area contributed by atoms with Crippen LogP contribution in [0.3, 0.4) is 0 Å². The highest BCUT2D eigenvalue weighted by Gasteiger charge is 2.18. The van der Waals surface area contributed by atoms with Crippen molar-refractivity contribution in [2.75, 3.05) is 7.11 Å². The van der Waals surface area contributed by atoms with E-state index < -0.39 is 0 Å². The van der Waals surface area contributed by atoms with Crippen molar-refractivity contribution in [1.82, 2.24) is 9.55 Å². The molecule has 0 aromatic carbocycles. The fourth-order valence-corrected chi connectivity index (χ4v) is 1.83. The summed E-state index contributed by atoms with van der Waals surface area (Å²) in [4.78, 5) is 14.3. The van der Waals surface area contributed by atoms with Gasteiger partial charge in [-0.25, -0.2) is 4.79 Å². The van der Waals surface area contributed by atoms with Gasteiger partial charge in [-0.15, -0.1) is 0 Å². The molecule has 4 nitrogen and oxygen atoms in total. The summed E-state index contributed by atoms with van der Waals surface area (Å²) in [5.41, 5.74) is 1.94. The Kier molecular flexibility index (Phi) is 3.10. The Morgan fingerprint density at radius 3 is 2.50 bits per heavy atom. The van der Waals surface area contributed by atoms with Crippen LogP contribution in [0.4, 0.5) is 0 Å². The number of ether oxygens (including phenoxy) is 1. The molecule has 0 saturated heterocycles. The lowest BCUT2D eigenvalue weighted by molar-refractivity contribution is -0.144. The van der Waals surface area contributed by atoms with Gasteiger partial charge in [-0.2, -0.15) is 0 Å². The van der Waals surface area contributed by atoms with E-state index >= 15 is 0 Å². The lowest BCUT2D eigenvalue weighted by Gasteiger charge is -2.12. The molecule has 1 atom stereocenters. The van der Waals surface area contributed by atoms with Crippen LogP contribution in [0.5, 0.6) is 0 Å². The number of nitrogens with one attached hydrogen (secondary N) is 1. The highest BCUT2D eigenvalue weighted by Crippen LogP contribution is 2.15. The molecule has 0 amide bonds. The molecular weight excluding hydrogens is 200 g/mol. The zero-order chi connectivity index (χ0) is 10.9. The summed E-state index contributed by atoms with van der Waals surface area (Å²) in [6.45, 7) is 5.61. The van der Waals surface area contributed by atoms with E-state index in [2.05, 4.69) is 9.72 Å². The molecule has 1 aromatic rings. The van der Waals surface area contributed by atoms with E-state index in [1.165, 1.54) is 7.11 Å². The van der Waals surface area contributed by atoms with Crippen molar-refractivity contribution < 1.29 is 9.53 Å². The van der Waals surface area contributed by atoms with Crippen molar-refractivity contribution in [2.24, 2.45) is 0 Å². The molecule has 1 rings (SSSR count). The predicted octanol–water partition coefficient (Wildman–Crippen LogP) is 1.90. The van der Waals surface area contributed by atoms with Crippen LogP contribution in [-0.2, 0) is 9.53 Å². The third-order valence-electron chi connectivity index (χ3n) is 2.35. The van der Waals surface area contributed by atoms with Gasteiger partial charge in [-0.1, -0.05) is 0 Å². The van der Waals surface area contributed by atoms with Crippen LogP contribution in [0.1, 0.15) is 24.4 Å². The monoisotopic (exact) mass is 214 g/mol. The number of carbonyl (C=O) groups excluding carboxylic acids is 1. The first-order valence-corrected chi connectivity index (χ1v) is 4.75. The number of carbonyl (C=O) groups is 1. The van der Waals surface area contributed by atoms with Crippen molar-refractivity contribution in [3.63, 3.8) is 0 Å². The zero-order valence-corrected chi connectivity index (χ0v) is 9.57. The molecule has 0 saturated carbocycles. The van der Waals surface area contributed by atoms with Gasteiger partial charge in [0.05, 0.1) is 7.11 Å². The fraction of sp³-hybridized carbons (Fsp3) is 0.556. The van der Waals surface area contributed by atoms with E-state index in [-0.39, 0.29) is 12.0 Å². The Morgan fingerprint density at radius 1 is 1.57 bits per heavy atom. The molecule has 78 valence electrons. The van der Waals surface area contributed by atoms with Crippen molar-refractivity contribution in [3.05, 3.63) is 16.2 Å². The molecule has 1 heterocycles. The molecule has 0 spiro atoms. The summed E-state index contributed by atoms with van der Waals surface area (Å²) in [5.74, 6) is -0.289. The number of imidazole rings is 1. The summed E-state index contributed by atoms with van der Waals surface area (Å²) < 4.78 is 6.98. The first-order chi connectivity index (χ1) is 6.49. The van der Waals surface area contributed by atoms with Gasteiger partial charge in [0.1, 0.15) is 6.04 Å². The summed E-state index contributed by atoms with van der Waals surface area (Å²) >= 11 is 5.10. The molecule has 0 radical (unpaired) electrons. The van der Waals surface area contributed by atoms with Gasteiger partial charge >= 0.3 is 5.97 Å². The summed E-state index contributed by atoms with van der Waals surface area (Å²) in [5, 5.41) is 0. The van der Waals surface area contributed by atoms with E-state index in [9.17, 15) is 4.79 Å². The third-order valence-corrected chi connectivity index (χ3v) is 2.65. The molecule has 1 unspecified atom stereocenters. The largest absolute Gasteiger partial charge is 0.467 e. The van der Waals surface area contributed by atoms with Gasteiger partial charge in [0.2, 0.25) is 0 Å². The molecule has 5 heteroatoms.